The van der Waals surface area contributed by atoms with Crippen LogP contribution in [0.2, 0.25) is 0 Å². The van der Waals surface area contributed by atoms with Gasteiger partial charge in [0.15, 0.2) is 0 Å². The Labute approximate surface area is 241 Å². The molecule has 0 saturated heterocycles. The minimum Gasteiger partial charge on any atom is -0.382 e. The van der Waals surface area contributed by atoms with Crippen LogP contribution in [0.1, 0.15) is 110 Å². The molecular formula is C31H63NO6P+. The van der Waals surface area contributed by atoms with Crippen molar-refractivity contribution >= 4 is 7.82 Å². The predicted molar refractivity (Wildman–Crippen MR) is 164 cm³/mol. The maximum absolute atomic E-state index is 12.2. The largest absolute Gasteiger partial charge is 0.472 e. The highest BCUT2D eigenvalue weighted by atomic mass is 31.2. The number of quaternary nitrogens is 1. The Morgan fingerprint density at radius 3 is 1.69 bits per heavy atom. The van der Waals surface area contributed by atoms with E-state index < -0.39 is 13.9 Å². The van der Waals surface area contributed by atoms with Crippen molar-refractivity contribution in [3.8, 4) is 0 Å². The molecule has 0 aromatic carbocycles. The summed E-state index contributed by atoms with van der Waals surface area (Å²) >= 11 is 0. The van der Waals surface area contributed by atoms with Crippen molar-refractivity contribution in [3.63, 3.8) is 0 Å². The summed E-state index contributed by atoms with van der Waals surface area (Å²) in [5, 5.41) is 0. The molecule has 7 nitrogen and oxygen atoms in total. The average Bonchev–Trinajstić information content (AvgIpc) is 2.86. The molecule has 0 rings (SSSR count). The van der Waals surface area contributed by atoms with Crippen LogP contribution < -0.4 is 0 Å². The second-order valence-electron chi connectivity index (χ2n) is 11.6. The molecular weight excluding hydrogens is 513 g/mol. The molecule has 1 N–H and O–H groups in total. The lowest BCUT2D eigenvalue weighted by molar-refractivity contribution is -0.870. The van der Waals surface area contributed by atoms with Crippen molar-refractivity contribution in [1.82, 2.24) is 0 Å². The van der Waals surface area contributed by atoms with E-state index in [-0.39, 0.29) is 19.8 Å². The van der Waals surface area contributed by atoms with E-state index in [9.17, 15) is 9.46 Å². The normalized spacial score (nSPS) is 14.9. The lowest BCUT2D eigenvalue weighted by Crippen LogP contribution is -2.37. The first-order chi connectivity index (χ1) is 18.7. The minimum absolute atomic E-state index is 0.142. The summed E-state index contributed by atoms with van der Waals surface area (Å²) in [7, 11) is 3.35. The van der Waals surface area contributed by atoms with E-state index in [0.717, 1.165) is 19.3 Å². The zero-order chi connectivity index (χ0) is 29.1. The average molecular weight is 577 g/mol. The quantitative estimate of drug-likeness (QED) is 0.0418. The summed E-state index contributed by atoms with van der Waals surface area (Å²) in [6, 6.07) is 0. The molecule has 0 aliphatic rings. The Morgan fingerprint density at radius 2 is 1.21 bits per heavy atom. The number of ether oxygens (including phenoxy) is 2. The third-order valence-electron chi connectivity index (χ3n) is 6.41. The summed E-state index contributed by atoms with van der Waals surface area (Å²) in [4.78, 5) is 9.97. The Hall–Kier alpha value is -0.530. The molecule has 0 aromatic heterocycles. The topological polar surface area (TPSA) is 74.2 Å². The van der Waals surface area contributed by atoms with Gasteiger partial charge in [-0.1, -0.05) is 82.6 Å². The molecule has 0 aliphatic heterocycles. The maximum atomic E-state index is 12.2. The van der Waals surface area contributed by atoms with Crippen molar-refractivity contribution in [1.29, 1.82) is 0 Å². The zero-order valence-electron chi connectivity index (χ0n) is 26.1. The summed E-state index contributed by atoms with van der Waals surface area (Å²) in [6.45, 7) is 3.95. The summed E-state index contributed by atoms with van der Waals surface area (Å²) in [5.41, 5.74) is 0. The SMILES string of the molecule is CCCC/C=C\CCCCCCCCCC/C=C\CCCCOC[C@H](COC)OP(=O)(O)OCC[N+](C)(C)C. The van der Waals surface area contributed by atoms with Gasteiger partial charge in [0, 0.05) is 13.7 Å². The van der Waals surface area contributed by atoms with Gasteiger partial charge in [-0.25, -0.2) is 4.57 Å². The summed E-state index contributed by atoms with van der Waals surface area (Å²) < 4.78 is 33.9. The Bertz CT molecular complexity index is 635. The predicted octanol–water partition coefficient (Wildman–Crippen LogP) is 8.23. The molecule has 0 bridgehead atoms. The highest BCUT2D eigenvalue weighted by Gasteiger charge is 2.27. The molecule has 232 valence electrons. The molecule has 2 atom stereocenters. The van der Waals surface area contributed by atoms with Gasteiger partial charge >= 0.3 is 7.82 Å². The number of phosphoric ester groups is 1. The van der Waals surface area contributed by atoms with Gasteiger partial charge in [0.2, 0.25) is 0 Å². The van der Waals surface area contributed by atoms with E-state index in [4.69, 9.17) is 18.5 Å². The van der Waals surface area contributed by atoms with E-state index in [1.807, 2.05) is 21.1 Å². The first-order valence-electron chi connectivity index (χ1n) is 15.5. The van der Waals surface area contributed by atoms with Gasteiger partial charge in [0.05, 0.1) is 34.4 Å². The van der Waals surface area contributed by atoms with Crippen LogP contribution in [-0.4, -0.2) is 76.7 Å². The van der Waals surface area contributed by atoms with Gasteiger partial charge in [0.25, 0.3) is 0 Å². The highest BCUT2D eigenvalue weighted by Crippen LogP contribution is 2.44. The van der Waals surface area contributed by atoms with Crippen LogP contribution in [0.4, 0.5) is 0 Å². The number of likely N-dealkylation sites (N-methyl/N-ethyl adjacent to an activating group) is 1. The lowest BCUT2D eigenvalue weighted by atomic mass is 10.1. The molecule has 0 fully saturated rings. The number of nitrogens with zero attached hydrogens (tertiary/aromatic N) is 1. The van der Waals surface area contributed by atoms with Crippen LogP contribution in [0, 0.1) is 0 Å². The summed E-state index contributed by atoms with van der Waals surface area (Å²) in [5.74, 6) is 0. The highest BCUT2D eigenvalue weighted by molar-refractivity contribution is 7.47. The van der Waals surface area contributed by atoms with Crippen molar-refractivity contribution in [2.75, 3.05) is 61.2 Å². The second-order valence-corrected chi connectivity index (χ2v) is 13.0. The van der Waals surface area contributed by atoms with E-state index in [1.54, 1.807) is 0 Å². The van der Waals surface area contributed by atoms with Crippen molar-refractivity contribution < 1.29 is 32.5 Å². The van der Waals surface area contributed by atoms with Crippen molar-refractivity contribution in [2.24, 2.45) is 0 Å². The molecule has 0 aliphatic carbocycles. The molecule has 0 amide bonds. The van der Waals surface area contributed by atoms with Gasteiger partial charge in [-0.3, -0.25) is 9.05 Å². The van der Waals surface area contributed by atoms with Crippen molar-refractivity contribution in [2.45, 2.75) is 116 Å². The fourth-order valence-electron chi connectivity index (χ4n) is 4.00. The fraction of sp³-hybridized carbons (Fsp3) is 0.871. The standard InChI is InChI=1S/C31H62NO6P/c1-6-7-8-9-10-11-12-13-14-15-16-17-18-19-20-21-22-23-24-25-27-36-30-31(29-35-5)38-39(33,34)37-28-26-32(2,3)4/h9-10,21-22,31H,6-8,11-20,23-30H2,1-5H3/p+1/b10-9-,22-21-/t31-/m0/s1. The molecule has 1 unspecified atom stereocenters. The van der Waals surface area contributed by atoms with E-state index in [0.29, 0.717) is 17.6 Å². The Kier molecular flexibility index (Phi) is 26.0. The maximum Gasteiger partial charge on any atom is 0.472 e. The lowest BCUT2D eigenvalue weighted by Gasteiger charge is -2.25. The third kappa shape index (κ3) is 30.3. The van der Waals surface area contributed by atoms with Gasteiger partial charge < -0.3 is 18.9 Å². The van der Waals surface area contributed by atoms with Crippen LogP contribution in [0.25, 0.3) is 0 Å². The molecule has 39 heavy (non-hydrogen) atoms. The van der Waals surface area contributed by atoms with Gasteiger partial charge in [-0.05, 0) is 51.4 Å². The number of allylic oxidation sites excluding steroid dienone is 4. The molecule has 0 heterocycles. The van der Waals surface area contributed by atoms with E-state index in [2.05, 4.69) is 31.2 Å². The van der Waals surface area contributed by atoms with Crippen molar-refractivity contribution in [3.05, 3.63) is 24.3 Å². The molecule has 0 saturated carbocycles. The third-order valence-corrected chi connectivity index (χ3v) is 7.49. The molecule has 8 heteroatoms. The van der Waals surface area contributed by atoms with Gasteiger partial charge in [-0.2, -0.15) is 0 Å². The molecule has 0 spiro atoms. The first-order valence-corrected chi connectivity index (χ1v) is 17.0. The molecule has 0 aromatic rings. The van der Waals surface area contributed by atoms with Crippen LogP contribution in [0.3, 0.4) is 0 Å². The minimum atomic E-state index is -4.14. The monoisotopic (exact) mass is 576 g/mol. The fourth-order valence-corrected chi connectivity index (χ4v) is 4.87. The van der Waals surface area contributed by atoms with Crippen LogP contribution >= 0.6 is 7.82 Å². The number of hydrogen-bond donors (Lipinski definition) is 1. The molecule has 0 radical (unpaired) electrons. The first kappa shape index (κ1) is 38.5. The van der Waals surface area contributed by atoms with Gasteiger partial charge in [0.1, 0.15) is 19.3 Å². The summed E-state index contributed by atoms with van der Waals surface area (Å²) in [6.07, 6.45) is 28.9. The Morgan fingerprint density at radius 1 is 0.718 bits per heavy atom. The Balaban J connectivity index is 3.62. The van der Waals surface area contributed by atoms with E-state index >= 15 is 0 Å². The van der Waals surface area contributed by atoms with Crippen LogP contribution in [-0.2, 0) is 23.1 Å². The smallest absolute Gasteiger partial charge is 0.382 e. The van der Waals surface area contributed by atoms with Crippen LogP contribution in [0.5, 0.6) is 0 Å². The number of unbranched alkanes of at least 4 members (excludes halogenated alkanes) is 13. The van der Waals surface area contributed by atoms with E-state index in [1.165, 1.54) is 90.6 Å². The van der Waals surface area contributed by atoms with Gasteiger partial charge in [-0.15, -0.1) is 0 Å². The zero-order valence-corrected chi connectivity index (χ0v) is 27.0. The van der Waals surface area contributed by atoms with Crippen LogP contribution in [0.15, 0.2) is 24.3 Å². The number of phosphoric acid groups is 1. The number of hydrogen-bond acceptors (Lipinski definition) is 5. The number of methoxy groups -OCH3 is 1. The number of rotatable bonds is 29. The second kappa shape index (κ2) is 26.4.